The van der Waals surface area contributed by atoms with Gasteiger partial charge in [0.2, 0.25) is 0 Å². The zero-order valence-electron chi connectivity index (χ0n) is 13.2. The number of rotatable bonds is 5. The zero-order chi connectivity index (χ0) is 15.9. The SMILES string of the molecule is CC[C@@H](NC(=S)Nc1ccccc1C)c1ccc(OC)cc1. The van der Waals surface area contributed by atoms with Crippen LogP contribution < -0.4 is 15.4 Å². The molecule has 0 aliphatic rings. The minimum absolute atomic E-state index is 0.176. The monoisotopic (exact) mass is 314 g/mol. The molecule has 0 amide bonds. The molecule has 0 unspecified atom stereocenters. The van der Waals surface area contributed by atoms with Crippen LogP contribution in [0.3, 0.4) is 0 Å². The third kappa shape index (κ3) is 4.21. The highest BCUT2D eigenvalue weighted by atomic mass is 32.1. The van der Waals surface area contributed by atoms with Crippen LogP contribution in [0.25, 0.3) is 0 Å². The number of hydrogen-bond acceptors (Lipinski definition) is 2. The van der Waals surface area contributed by atoms with E-state index < -0.39 is 0 Å². The molecule has 0 radical (unpaired) electrons. The molecule has 0 fully saturated rings. The number of anilines is 1. The Bertz CT molecular complexity index is 625. The summed E-state index contributed by atoms with van der Waals surface area (Å²) in [7, 11) is 1.67. The summed E-state index contributed by atoms with van der Waals surface area (Å²) >= 11 is 5.44. The number of benzene rings is 2. The molecule has 3 nitrogen and oxygen atoms in total. The summed E-state index contributed by atoms with van der Waals surface area (Å²) in [5.41, 5.74) is 3.39. The van der Waals surface area contributed by atoms with Gasteiger partial charge in [0.15, 0.2) is 5.11 Å². The van der Waals surface area contributed by atoms with Crippen molar-refractivity contribution in [2.24, 2.45) is 0 Å². The van der Waals surface area contributed by atoms with E-state index in [1.807, 2.05) is 30.3 Å². The van der Waals surface area contributed by atoms with E-state index in [1.165, 1.54) is 11.1 Å². The van der Waals surface area contributed by atoms with Gasteiger partial charge in [0, 0.05) is 5.69 Å². The molecule has 4 heteroatoms. The van der Waals surface area contributed by atoms with E-state index in [0.717, 1.165) is 17.9 Å². The molecule has 2 aromatic carbocycles. The highest BCUT2D eigenvalue weighted by Gasteiger charge is 2.11. The Kier molecular flexibility index (Phi) is 5.78. The molecule has 0 saturated carbocycles. The van der Waals surface area contributed by atoms with Crippen LogP contribution in [0.15, 0.2) is 48.5 Å². The van der Waals surface area contributed by atoms with Gasteiger partial charge in [0.25, 0.3) is 0 Å². The number of methoxy groups -OCH3 is 1. The van der Waals surface area contributed by atoms with Crippen LogP contribution in [0.5, 0.6) is 5.75 Å². The molecule has 116 valence electrons. The zero-order valence-corrected chi connectivity index (χ0v) is 14.0. The first-order chi connectivity index (χ1) is 10.6. The van der Waals surface area contributed by atoms with Gasteiger partial charge in [-0.15, -0.1) is 0 Å². The fraction of sp³-hybridized carbons (Fsp3) is 0.278. The van der Waals surface area contributed by atoms with Crippen LogP contribution >= 0.6 is 12.2 Å². The number of aryl methyl sites for hydroxylation is 1. The van der Waals surface area contributed by atoms with Crippen molar-refractivity contribution in [2.45, 2.75) is 26.3 Å². The minimum atomic E-state index is 0.176. The van der Waals surface area contributed by atoms with E-state index in [9.17, 15) is 0 Å². The van der Waals surface area contributed by atoms with Gasteiger partial charge < -0.3 is 15.4 Å². The molecule has 0 aliphatic carbocycles. The Morgan fingerprint density at radius 1 is 1.14 bits per heavy atom. The molecule has 2 aromatic rings. The molecule has 0 heterocycles. The topological polar surface area (TPSA) is 33.3 Å². The normalized spacial score (nSPS) is 11.6. The number of para-hydroxylation sites is 1. The predicted molar refractivity (Wildman–Crippen MR) is 96.6 cm³/mol. The quantitative estimate of drug-likeness (QED) is 0.799. The van der Waals surface area contributed by atoms with Crippen molar-refractivity contribution in [2.75, 3.05) is 12.4 Å². The molecule has 2 rings (SSSR count). The van der Waals surface area contributed by atoms with Gasteiger partial charge in [-0.3, -0.25) is 0 Å². The average Bonchev–Trinajstić information content (AvgIpc) is 2.55. The number of nitrogens with one attached hydrogen (secondary N) is 2. The first-order valence-electron chi connectivity index (χ1n) is 7.41. The van der Waals surface area contributed by atoms with Crippen LogP contribution in [0.4, 0.5) is 5.69 Å². The van der Waals surface area contributed by atoms with Crippen LogP contribution in [-0.2, 0) is 0 Å². The smallest absolute Gasteiger partial charge is 0.171 e. The largest absolute Gasteiger partial charge is 0.497 e. The van der Waals surface area contributed by atoms with E-state index >= 15 is 0 Å². The maximum Gasteiger partial charge on any atom is 0.171 e. The van der Waals surface area contributed by atoms with Crippen LogP contribution in [0.2, 0.25) is 0 Å². The van der Waals surface area contributed by atoms with Crippen molar-refractivity contribution in [3.8, 4) is 5.75 Å². The van der Waals surface area contributed by atoms with Crippen LogP contribution in [0, 0.1) is 6.92 Å². The van der Waals surface area contributed by atoms with Crippen molar-refractivity contribution in [3.63, 3.8) is 0 Å². The lowest BCUT2D eigenvalue weighted by molar-refractivity contribution is 0.414. The number of ether oxygens (including phenoxy) is 1. The summed E-state index contributed by atoms with van der Waals surface area (Å²) in [6.45, 7) is 4.20. The maximum atomic E-state index is 5.44. The Balaban J connectivity index is 2.03. The van der Waals surface area contributed by atoms with Gasteiger partial charge in [-0.2, -0.15) is 0 Å². The maximum absolute atomic E-state index is 5.44. The van der Waals surface area contributed by atoms with Crippen molar-refractivity contribution in [3.05, 3.63) is 59.7 Å². The van der Waals surface area contributed by atoms with E-state index in [0.29, 0.717) is 5.11 Å². The first-order valence-corrected chi connectivity index (χ1v) is 7.82. The highest BCUT2D eigenvalue weighted by molar-refractivity contribution is 7.80. The lowest BCUT2D eigenvalue weighted by Gasteiger charge is -2.21. The van der Waals surface area contributed by atoms with E-state index in [4.69, 9.17) is 17.0 Å². The molecule has 0 bridgehead atoms. The van der Waals surface area contributed by atoms with Crippen LogP contribution in [-0.4, -0.2) is 12.2 Å². The molecule has 1 atom stereocenters. The Labute approximate surface area is 137 Å². The predicted octanol–water partition coefficient (Wildman–Crippen LogP) is 4.44. The van der Waals surface area contributed by atoms with Crippen molar-refractivity contribution >= 4 is 23.0 Å². The van der Waals surface area contributed by atoms with Crippen molar-refractivity contribution in [1.29, 1.82) is 0 Å². The van der Waals surface area contributed by atoms with E-state index in [-0.39, 0.29) is 6.04 Å². The van der Waals surface area contributed by atoms with Gasteiger partial charge >= 0.3 is 0 Å². The second-order valence-corrected chi connectivity index (χ2v) is 5.56. The summed E-state index contributed by atoms with van der Waals surface area (Å²) < 4.78 is 5.20. The third-order valence-corrected chi connectivity index (χ3v) is 3.84. The molecule has 22 heavy (non-hydrogen) atoms. The third-order valence-electron chi connectivity index (χ3n) is 3.63. The molecule has 0 aliphatic heterocycles. The van der Waals surface area contributed by atoms with Gasteiger partial charge in [-0.05, 0) is 54.9 Å². The summed E-state index contributed by atoms with van der Waals surface area (Å²) in [5, 5.41) is 7.27. The minimum Gasteiger partial charge on any atom is -0.497 e. The van der Waals surface area contributed by atoms with E-state index in [2.05, 4.69) is 42.7 Å². The fourth-order valence-corrected chi connectivity index (χ4v) is 2.54. The first kappa shape index (κ1) is 16.3. The molecule has 0 aromatic heterocycles. The molecular weight excluding hydrogens is 292 g/mol. The van der Waals surface area contributed by atoms with Crippen molar-refractivity contribution < 1.29 is 4.74 Å². The Morgan fingerprint density at radius 3 is 2.41 bits per heavy atom. The van der Waals surface area contributed by atoms with Gasteiger partial charge in [0.1, 0.15) is 5.75 Å². The molecule has 0 saturated heterocycles. The number of thiocarbonyl (C=S) groups is 1. The molecular formula is C18H22N2OS. The van der Waals surface area contributed by atoms with E-state index in [1.54, 1.807) is 7.11 Å². The molecule has 2 N–H and O–H groups in total. The number of hydrogen-bond donors (Lipinski definition) is 2. The average molecular weight is 314 g/mol. The molecule has 0 spiro atoms. The Morgan fingerprint density at radius 2 is 1.82 bits per heavy atom. The fourth-order valence-electron chi connectivity index (χ4n) is 2.29. The summed E-state index contributed by atoms with van der Waals surface area (Å²) in [6, 6.07) is 16.3. The van der Waals surface area contributed by atoms with Gasteiger partial charge in [-0.25, -0.2) is 0 Å². The standard InChI is InChI=1S/C18H22N2OS/c1-4-16(14-9-11-15(21-3)12-10-14)19-18(22)20-17-8-6-5-7-13(17)2/h5-12,16H,4H2,1-3H3,(H2,19,20,22)/t16-/m1/s1. The second-order valence-electron chi connectivity index (χ2n) is 5.15. The van der Waals surface area contributed by atoms with Gasteiger partial charge in [0.05, 0.1) is 13.2 Å². The van der Waals surface area contributed by atoms with Crippen molar-refractivity contribution in [1.82, 2.24) is 5.32 Å². The summed E-state index contributed by atoms with van der Waals surface area (Å²) in [5.74, 6) is 0.860. The highest BCUT2D eigenvalue weighted by Crippen LogP contribution is 2.20. The van der Waals surface area contributed by atoms with Gasteiger partial charge in [-0.1, -0.05) is 37.3 Å². The Hall–Kier alpha value is -2.07. The summed E-state index contributed by atoms with van der Waals surface area (Å²) in [6.07, 6.45) is 0.946. The lowest BCUT2D eigenvalue weighted by Crippen LogP contribution is -2.32. The van der Waals surface area contributed by atoms with Crippen LogP contribution in [0.1, 0.15) is 30.5 Å². The second kappa shape index (κ2) is 7.80. The summed E-state index contributed by atoms with van der Waals surface area (Å²) in [4.78, 5) is 0. The lowest BCUT2D eigenvalue weighted by atomic mass is 10.0.